The van der Waals surface area contributed by atoms with Gasteiger partial charge >= 0.3 is 0 Å². The molecule has 28 heavy (non-hydrogen) atoms. The minimum Gasteiger partial charge on any atom is -0.340 e. The molecule has 0 aliphatic rings. The van der Waals surface area contributed by atoms with Crippen LogP contribution in [0.3, 0.4) is 0 Å². The number of benzene rings is 1. The first-order valence-corrected chi connectivity index (χ1v) is 9.60. The van der Waals surface area contributed by atoms with Crippen molar-refractivity contribution in [2.24, 2.45) is 0 Å². The molecule has 0 saturated carbocycles. The van der Waals surface area contributed by atoms with Gasteiger partial charge in [-0.3, -0.25) is 14.0 Å². The van der Waals surface area contributed by atoms with Crippen molar-refractivity contribution >= 4 is 34.6 Å². The number of nitrogens with zero attached hydrogens (tertiary/aromatic N) is 3. The molecule has 3 rings (SSSR count). The molecule has 1 aromatic carbocycles. The molecule has 0 spiro atoms. The second-order valence-electron chi connectivity index (χ2n) is 6.74. The molecule has 6 nitrogen and oxygen atoms in total. The molecule has 2 heterocycles. The van der Waals surface area contributed by atoms with Crippen molar-refractivity contribution in [3.63, 3.8) is 0 Å². The first-order chi connectivity index (χ1) is 13.4. The number of aromatic nitrogens is 2. The fourth-order valence-electron chi connectivity index (χ4n) is 2.89. The van der Waals surface area contributed by atoms with Crippen molar-refractivity contribution in [3.05, 3.63) is 64.7 Å². The third-order valence-corrected chi connectivity index (χ3v) is 4.98. The maximum Gasteiger partial charge on any atom is 0.292 e. The summed E-state index contributed by atoms with van der Waals surface area (Å²) in [7, 11) is 1.75. The molecule has 0 bridgehead atoms. The zero-order valence-corrected chi connectivity index (χ0v) is 17.0. The Balaban J connectivity index is 1.94. The van der Waals surface area contributed by atoms with Crippen molar-refractivity contribution in [3.8, 4) is 0 Å². The Hall–Kier alpha value is -2.86. The molecule has 2 aromatic heterocycles. The van der Waals surface area contributed by atoms with E-state index in [9.17, 15) is 9.59 Å². The predicted molar refractivity (Wildman–Crippen MR) is 111 cm³/mol. The second kappa shape index (κ2) is 8.44. The van der Waals surface area contributed by atoms with Crippen LogP contribution in [-0.2, 0) is 0 Å². The monoisotopic (exact) mass is 398 g/mol. The number of aryl methyl sites for hydroxylation is 1. The molecule has 146 valence electrons. The van der Waals surface area contributed by atoms with Crippen LogP contribution in [0.2, 0.25) is 5.02 Å². The highest BCUT2D eigenvalue weighted by Gasteiger charge is 2.23. The van der Waals surface area contributed by atoms with Gasteiger partial charge in [-0.15, -0.1) is 0 Å². The van der Waals surface area contributed by atoms with Gasteiger partial charge in [-0.2, -0.15) is 0 Å². The van der Waals surface area contributed by atoms with Crippen molar-refractivity contribution in [1.29, 1.82) is 0 Å². The zero-order chi connectivity index (χ0) is 20.3. The smallest absolute Gasteiger partial charge is 0.292 e. The standard InChI is InChI=1S/C21H23ClN4O2/c1-4-5-11-25(3)21(28)18-17-8-6-7-12-26(17)19(24-18)20(27)23-15-10-9-14(2)16(22)13-15/h6-10,12-13H,4-5,11H2,1-3H3,(H,23,27). The SMILES string of the molecule is CCCCN(C)C(=O)c1nc(C(=O)Nc2ccc(C)c(Cl)c2)n2ccccc12. The quantitative estimate of drug-likeness (QED) is 0.668. The molecular weight excluding hydrogens is 376 g/mol. The number of amides is 2. The Labute approximate surface area is 169 Å². The first kappa shape index (κ1) is 19.9. The van der Waals surface area contributed by atoms with E-state index >= 15 is 0 Å². The zero-order valence-electron chi connectivity index (χ0n) is 16.2. The molecule has 0 aliphatic carbocycles. The lowest BCUT2D eigenvalue weighted by molar-refractivity contribution is 0.0790. The van der Waals surface area contributed by atoms with Gasteiger partial charge < -0.3 is 10.2 Å². The summed E-state index contributed by atoms with van der Waals surface area (Å²) in [6, 6.07) is 10.7. The van der Waals surface area contributed by atoms with Crippen LogP contribution in [0.25, 0.3) is 5.52 Å². The summed E-state index contributed by atoms with van der Waals surface area (Å²) in [4.78, 5) is 31.7. The molecule has 2 amide bonds. The van der Waals surface area contributed by atoms with Gasteiger partial charge in [0.2, 0.25) is 5.82 Å². The van der Waals surface area contributed by atoms with Crippen LogP contribution in [0, 0.1) is 6.92 Å². The largest absolute Gasteiger partial charge is 0.340 e. The third-order valence-electron chi connectivity index (χ3n) is 4.58. The van der Waals surface area contributed by atoms with E-state index in [4.69, 9.17) is 11.6 Å². The number of anilines is 1. The Bertz CT molecular complexity index is 1030. The van der Waals surface area contributed by atoms with Gasteiger partial charge in [0.15, 0.2) is 5.69 Å². The van der Waals surface area contributed by atoms with Crippen LogP contribution >= 0.6 is 11.6 Å². The molecule has 0 aliphatic heterocycles. The van der Waals surface area contributed by atoms with E-state index in [1.807, 2.05) is 19.1 Å². The summed E-state index contributed by atoms with van der Waals surface area (Å²) in [5.74, 6) is -0.453. The van der Waals surface area contributed by atoms with Gasteiger partial charge in [0.05, 0.1) is 5.52 Å². The van der Waals surface area contributed by atoms with Crippen LogP contribution in [0.15, 0.2) is 42.6 Å². The number of nitrogens with one attached hydrogen (secondary N) is 1. The normalized spacial score (nSPS) is 10.9. The number of hydrogen-bond donors (Lipinski definition) is 1. The fraction of sp³-hybridized carbons (Fsp3) is 0.286. The molecule has 0 saturated heterocycles. The number of rotatable bonds is 6. The Morgan fingerprint density at radius 3 is 2.75 bits per heavy atom. The van der Waals surface area contributed by atoms with Gasteiger partial charge in [-0.1, -0.05) is 37.1 Å². The maximum absolute atomic E-state index is 12.8. The fourth-order valence-corrected chi connectivity index (χ4v) is 3.07. The molecule has 0 atom stereocenters. The molecule has 3 aromatic rings. The van der Waals surface area contributed by atoms with Crippen LogP contribution in [0.4, 0.5) is 5.69 Å². The van der Waals surface area contributed by atoms with Crippen molar-refractivity contribution in [2.45, 2.75) is 26.7 Å². The molecule has 7 heteroatoms. The summed E-state index contributed by atoms with van der Waals surface area (Å²) in [5, 5.41) is 3.37. The Morgan fingerprint density at radius 2 is 2.04 bits per heavy atom. The van der Waals surface area contributed by atoms with Crippen LogP contribution in [-0.4, -0.2) is 39.7 Å². The molecule has 0 radical (unpaired) electrons. The highest BCUT2D eigenvalue weighted by Crippen LogP contribution is 2.21. The van der Waals surface area contributed by atoms with Crippen molar-refractivity contribution in [2.75, 3.05) is 18.9 Å². The van der Waals surface area contributed by atoms with E-state index in [1.165, 1.54) is 0 Å². The van der Waals surface area contributed by atoms with Crippen molar-refractivity contribution in [1.82, 2.24) is 14.3 Å². The second-order valence-corrected chi connectivity index (χ2v) is 7.15. The number of hydrogen-bond acceptors (Lipinski definition) is 3. The Kier molecular flexibility index (Phi) is 5.99. The minimum absolute atomic E-state index is 0.152. The average Bonchev–Trinajstić information content (AvgIpc) is 3.08. The lowest BCUT2D eigenvalue weighted by atomic mass is 10.2. The average molecular weight is 399 g/mol. The van der Waals surface area contributed by atoms with E-state index in [-0.39, 0.29) is 17.4 Å². The third kappa shape index (κ3) is 4.02. The van der Waals surface area contributed by atoms with Gasteiger partial charge in [0.1, 0.15) is 0 Å². The number of pyridine rings is 1. The molecule has 0 fully saturated rings. The number of carbonyl (C=O) groups excluding carboxylic acids is 2. The predicted octanol–water partition coefficient (Wildman–Crippen LogP) is 4.42. The summed E-state index contributed by atoms with van der Waals surface area (Å²) >= 11 is 6.14. The highest BCUT2D eigenvalue weighted by atomic mass is 35.5. The summed E-state index contributed by atoms with van der Waals surface area (Å²) < 4.78 is 1.63. The van der Waals surface area contributed by atoms with Gasteiger partial charge in [-0.25, -0.2) is 4.98 Å². The topological polar surface area (TPSA) is 66.7 Å². The van der Waals surface area contributed by atoms with E-state index in [1.54, 1.807) is 46.8 Å². The number of halogens is 1. The van der Waals surface area contributed by atoms with Crippen molar-refractivity contribution < 1.29 is 9.59 Å². The number of unbranched alkanes of at least 4 members (excludes halogenated alkanes) is 1. The van der Waals surface area contributed by atoms with Crippen LogP contribution < -0.4 is 5.32 Å². The number of carbonyl (C=O) groups is 2. The number of fused-ring (bicyclic) bond motifs is 1. The molecular formula is C21H23ClN4O2. The first-order valence-electron chi connectivity index (χ1n) is 9.22. The van der Waals surface area contributed by atoms with E-state index in [0.29, 0.717) is 22.8 Å². The lowest BCUT2D eigenvalue weighted by Gasteiger charge is -2.15. The molecule has 1 N–H and O–H groups in total. The lowest BCUT2D eigenvalue weighted by Crippen LogP contribution is -2.28. The van der Waals surface area contributed by atoms with E-state index in [0.717, 1.165) is 18.4 Å². The van der Waals surface area contributed by atoms with Crippen LogP contribution in [0.1, 0.15) is 46.4 Å². The van der Waals surface area contributed by atoms with Crippen LogP contribution in [0.5, 0.6) is 0 Å². The summed E-state index contributed by atoms with van der Waals surface area (Å²) in [6.45, 7) is 4.61. The number of imidazole rings is 1. The Morgan fingerprint density at radius 1 is 1.25 bits per heavy atom. The van der Waals surface area contributed by atoms with Gasteiger partial charge in [0.25, 0.3) is 11.8 Å². The minimum atomic E-state index is -0.406. The summed E-state index contributed by atoms with van der Waals surface area (Å²) in [5.41, 5.74) is 2.37. The van der Waals surface area contributed by atoms with E-state index < -0.39 is 5.91 Å². The van der Waals surface area contributed by atoms with E-state index in [2.05, 4.69) is 17.2 Å². The molecule has 0 unspecified atom stereocenters. The van der Waals surface area contributed by atoms with Gasteiger partial charge in [0, 0.05) is 30.5 Å². The summed E-state index contributed by atoms with van der Waals surface area (Å²) in [6.07, 6.45) is 3.63. The maximum atomic E-state index is 12.8. The highest BCUT2D eigenvalue weighted by molar-refractivity contribution is 6.31. The van der Waals surface area contributed by atoms with Gasteiger partial charge in [-0.05, 0) is 43.2 Å².